The number of benzene rings is 1. The number of anilines is 1. The average Bonchev–Trinajstić information content (AvgIpc) is 2.72. The molecular weight excluding hydrogens is 357 g/mol. The molecule has 7 heteroatoms. The topological polar surface area (TPSA) is 43.3 Å². The highest BCUT2D eigenvalue weighted by molar-refractivity contribution is 5.80. The Morgan fingerprint density at radius 3 is 2.39 bits per heavy atom. The van der Waals surface area contributed by atoms with Crippen LogP contribution in [0.15, 0.2) is 29.3 Å². The fourth-order valence-corrected chi connectivity index (χ4v) is 4.09. The molecule has 0 saturated carbocycles. The maximum absolute atomic E-state index is 14.1. The second kappa shape index (κ2) is 10.1. The zero-order valence-electron chi connectivity index (χ0n) is 17.4. The van der Waals surface area contributed by atoms with E-state index in [0.717, 1.165) is 65.0 Å². The standard InChI is InChI=1S/C21H34FN5O/c1-17(2)20(26-12-14-28-15-13-26)16-24-21(23-3)27-10-8-25(9-11-27)19-7-5-4-6-18(19)22/h4-7,17,20H,8-16H2,1-3H3,(H,23,24). The molecule has 1 atom stereocenters. The molecule has 2 heterocycles. The Hall–Kier alpha value is -1.86. The summed E-state index contributed by atoms with van der Waals surface area (Å²) >= 11 is 0. The van der Waals surface area contributed by atoms with Crippen LogP contribution in [0.1, 0.15) is 13.8 Å². The molecule has 1 aromatic carbocycles. The molecule has 2 saturated heterocycles. The van der Waals surface area contributed by atoms with Crippen LogP contribution in [0, 0.1) is 11.7 Å². The molecule has 28 heavy (non-hydrogen) atoms. The first kappa shape index (κ1) is 20.9. The summed E-state index contributed by atoms with van der Waals surface area (Å²) in [5, 5.41) is 3.58. The van der Waals surface area contributed by atoms with Crippen molar-refractivity contribution in [2.75, 3.05) is 71.0 Å². The van der Waals surface area contributed by atoms with E-state index in [9.17, 15) is 4.39 Å². The van der Waals surface area contributed by atoms with Gasteiger partial charge in [-0.05, 0) is 18.1 Å². The highest BCUT2D eigenvalue weighted by atomic mass is 19.1. The van der Waals surface area contributed by atoms with E-state index >= 15 is 0 Å². The van der Waals surface area contributed by atoms with Crippen molar-refractivity contribution in [3.63, 3.8) is 0 Å². The van der Waals surface area contributed by atoms with Crippen molar-refractivity contribution in [3.05, 3.63) is 30.1 Å². The van der Waals surface area contributed by atoms with E-state index in [-0.39, 0.29) is 5.82 Å². The third-order valence-corrected chi connectivity index (χ3v) is 5.74. The summed E-state index contributed by atoms with van der Waals surface area (Å²) in [5.74, 6) is 1.34. The summed E-state index contributed by atoms with van der Waals surface area (Å²) in [7, 11) is 1.84. The molecule has 2 aliphatic heterocycles. The lowest BCUT2D eigenvalue weighted by Gasteiger charge is -2.40. The Labute approximate surface area is 168 Å². The minimum atomic E-state index is -0.149. The number of ether oxygens (including phenoxy) is 1. The van der Waals surface area contributed by atoms with Gasteiger partial charge in [-0.1, -0.05) is 26.0 Å². The average molecular weight is 392 g/mol. The number of hydrogen-bond acceptors (Lipinski definition) is 4. The van der Waals surface area contributed by atoms with Gasteiger partial charge in [-0.2, -0.15) is 0 Å². The van der Waals surface area contributed by atoms with E-state index in [4.69, 9.17) is 4.74 Å². The number of nitrogens with one attached hydrogen (secondary N) is 1. The molecule has 1 aromatic rings. The van der Waals surface area contributed by atoms with Crippen molar-refractivity contribution in [1.29, 1.82) is 0 Å². The second-order valence-corrected chi connectivity index (χ2v) is 7.81. The molecule has 0 radical (unpaired) electrons. The lowest BCUT2D eigenvalue weighted by atomic mass is 10.0. The molecule has 6 nitrogen and oxygen atoms in total. The van der Waals surface area contributed by atoms with Crippen molar-refractivity contribution in [1.82, 2.24) is 15.1 Å². The summed E-state index contributed by atoms with van der Waals surface area (Å²) in [6.45, 7) is 12.3. The van der Waals surface area contributed by atoms with Gasteiger partial charge in [0.1, 0.15) is 5.82 Å². The van der Waals surface area contributed by atoms with Gasteiger partial charge in [0, 0.05) is 58.9 Å². The number of nitrogens with zero attached hydrogens (tertiary/aromatic N) is 4. The summed E-state index contributed by atoms with van der Waals surface area (Å²) in [4.78, 5) is 11.4. The van der Waals surface area contributed by atoms with E-state index < -0.39 is 0 Å². The molecule has 0 bridgehead atoms. The van der Waals surface area contributed by atoms with Crippen LogP contribution in [0.5, 0.6) is 0 Å². The van der Waals surface area contributed by atoms with E-state index in [1.807, 2.05) is 19.2 Å². The van der Waals surface area contributed by atoms with Gasteiger partial charge in [0.2, 0.25) is 0 Å². The number of halogens is 1. The summed E-state index contributed by atoms with van der Waals surface area (Å²) in [6, 6.07) is 7.47. The molecule has 0 spiro atoms. The van der Waals surface area contributed by atoms with Crippen molar-refractivity contribution < 1.29 is 9.13 Å². The Balaban J connectivity index is 1.53. The predicted molar refractivity (Wildman–Crippen MR) is 113 cm³/mol. The van der Waals surface area contributed by atoms with Crippen LogP contribution in [-0.4, -0.2) is 87.9 Å². The largest absolute Gasteiger partial charge is 0.379 e. The zero-order valence-corrected chi connectivity index (χ0v) is 17.4. The van der Waals surface area contributed by atoms with Gasteiger partial charge in [0.05, 0.1) is 18.9 Å². The number of piperazine rings is 1. The van der Waals surface area contributed by atoms with Crippen molar-refractivity contribution in [2.24, 2.45) is 10.9 Å². The zero-order chi connectivity index (χ0) is 19.9. The smallest absolute Gasteiger partial charge is 0.193 e. The van der Waals surface area contributed by atoms with E-state index in [0.29, 0.717) is 17.6 Å². The molecule has 1 unspecified atom stereocenters. The fraction of sp³-hybridized carbons (Fsp3) is 0.667. The number of aliphatic imine (C=N–C) groups is 1. The van der Waals surface area contributed by atoms with Crippen LogP contribution >= 0.6 is 0 Å². The second-order valence-electron chi connectivity index (χ2n) is 7.81. The molecule has 156 valence electrons. The predicted octanol–water partition coefficient (Wildman–Crippen LogP) is 1.88. The van der Waals surface area contributed by atoms with Gasteiger partial charge < -0.3 is 19.9 Å². The highest BCUT2D eigenvalue weighted by Crippen LogP contribution is 2.20. The van der Waals surface area contributed by atoms with Crippen LogP contribution < -0.4 is 10.2 Å². The normalized spacial score (nSPS) is 20.5. The third-order valence-electron chi connectivity index (χ3n) is 5.74. The first-order chi connectivity index (χ1) is 13.6. The fourth-order valence-electron chi connectivity index (χ4n) is 4.09. The Morgan fingerprint density at radius 1 is 1.11 bits per heavy atom. The van der Waals surface area contributed by atoms with Crippen molar-refractivity contribution in [3.8, 4) is 0 Å². The molecule has 0 aromatic heterocycles. The monoisotopic (exact) mass is 391 g/mol. The quantitative estimate of drug-likeness (QED) is 0.613. The van der Waals surface area contributed by atoms with E-state index in [1.54, 1.807) is 6.07 Å². The van der Waals surface area contributed by atoms with Crippen LogP contribution in [0.2, 0.25) is 0 Å². The van der Waals surface area contributed by atoms with Crippen LogP contribution in [0.25, 0.3) is 0 Å². The molecule has 3 rings (SSSR count). The van der Waals surface area contributed by atoms with Gasteiger partial charge in [-0.25, -0.2) is 4.39 Å². The van der Waals surface area contributed by atoms with Crippen LogP contribution in [0.3, 0.4) is 0 Å². The Bertz CT molecular complexity index is 639. The maximum atomic E-state index is 14.1. The molecular formula is C21H34FN5O. The van der Waals surface area contributed by atoms with Gasteiger partial charge in [-0.3, -0.25) is 9.89 Å². The third kappa shape index (κ3) is 5.14. The number of hydrogen-bond donors (Lipinski definition) is 1. The molecule has 2 fully saturated rings. The number of para-hydroxylation sites is 1. The van der Waals surface area contributed by atoms with E-state index in [1.165, 1.54) is 6.07 Å². The van der Waals surface area contributed by atoms with Gasteiger partial charge in [0.25, 0.3) is 0 Å². The van der Waals surface area contributed by atoms with Crippen molar-refractivity contribution in [2.45, 2.75) is 19.9 Å². The van der Waals surface area contributed by atoms with Gasteiger partial charge >= 0.3 is 0 Å². The number of guanidine groups is 1. The SMILES string of the molecule is CN=C(NCC(C(C)C)N1CCOCC1)N1CCN(c2ccccc2F)CC1. The molecule has 0 aliphatic carbocycles. The van der Waals surface area contributed by atoms with Gasteiger partial charge in [0.15, 0.2) is 5.96 Å². The lowest BCUT2D eigenvalue weighted by Crippen LogP contribution is -2.56. The summed E-state index contributed by atoms with van der Waals surface area (Å²) < 4.78 is 19.6. The lowest BCUT2D eigenvalue weighted by molar-refractivity contribution is 0.00739. The minimum absolute atomic E-state index is 0.149. The van der Waals surface area contributed by atoms with E-state index in [2.05, 4.69) is 38.9 Å². The summed E-state index contributed by atoms with van der Waals surface area (Å²) in [5.41, 5.74) is 0.692. The first-order valence-corrected chi connectivity index (χ1v) is 10.4. The Morgan fingerprint density at radius 2 is 1.79 bits per heavy atom. The Kier molecular flexibility index (Phi) is 7.50. The maximum Gasteiger partial charge on any atom is 0.193 e. The first-order valence-electron chi connectivity index (χ1n) is 10.4. The molecule has 2 aliphatic rings. The minimum Gasteiger partial charge on any atom is -0.379 e. The van der Waals surface area contributed by atoms with Crippen molar-refractivity contribution >= 4 is 11.6 Å². The molecule has 1 N–H and O–H groups in total. The highest BCUT2D eigenvalue weighted by Gasteiger charge is 2.26. The number of rotatable bonds is 5. The van der Waals surface area contributed by atoms with Gasteiger partial charge in [-0.15, -0.1) is 0 Å². The van der Waals surface area contributed by atoms with Crippen LogP contribution in [-0.2, 0) is 4.74 Å². The number of morpholine rings is 1. The van der Waals surface area contributed by atoms with Crippen LogP contribution in [0.4, 0.5) is 10.1 Å². The summed E-state index contributed by atoms with van der Waals surface area (Å²) in [6.07, 6.45) is 0. The molecule has 0 amide bonds.